The first-order valence-electron chi connectivity index (χ1n) is 5.99. The molecule has 2 rings (SSSR count). The van der Waals surface area contributed by atoms with E-state index in [0.717, 1.165) is 0 Å². The molecule has 7 nitrogen and oxygen atoms in total. The standard InChI is InChI=1S/C11H13Cl2N5O2S/c12-7-3-4-8(10(13)11(7)14)21(19,20)17-5-1-2-9-15-6-16-18-9/h3-4,6,17H,1-2,5,14H2,(H,15,16,18). The van der Waals surface area contributed by atoms with E-state index in [2.05, 4.69) is 19.9 Å². The van der Waals surface area contributed by atoms with Crippen molar-refractivity contribution in [1.29, 1.82) is 0 Å². The van der Waals surface area contributed by atoms with Gasteiger partial charge in [0.1, 0.15) is 17.0 Å². The summed E-state index contributed by atoms with van der Waals surface area (Å²) in [5.74, 6) is 0.697. The van der Waals surface area contributed by atoms with Crippen molar-refractivity contribution in [2.75, 3.05) is 12.3 Å². The highest BCUT2D eigenvalue weighted by atomic mass is 35.5. The Morgan fingerprint density at radius 2 is 2.10 bits per heavy atom. The highest BCUT2D eigenvalue weighted by Gasteiger charge is 2.20. The predicted octanol–water partition coefficient (Wildman–Crippen LogP) is 1.60. The molecule has 0 fully saturated rings. The zero-order valence-electron chi connectivity index (χ0n) is 10.8. The van der Waals surface area contributed by atoms with Gasteiger partial charge in [0.15, 0.2) is 0 Å². The zero-order valence-corrected chi connectivity index (χ0v) is 13.1. The fourth-order valence-electron chi connectivity index (χ4n) is 1.65. The van der Waals surface area contributed by atoms with Crippen molar-refractivity contribution in [3.05, 3.63) is 34.3 Å². The monoisotopic (exact) mass is 349 g/mol. The van der Waals surface area contributed by atoms with E-state index in [9.17, 15) is 8.42 Å². The van der Waals surface area contributed by atoms with Crippen LogP contribution in [-0.4, -0.2) is 30.1 Å². The maximum atomic E-state index is 12.1. The van der Waals surface area contributed by atoms with Crippen molar-refractivity contribution >= 4 is 38.9 Å². The minimum atomic E-state index is -3.74. The molecule has 1 heterocycles. The summed E-state index contributed by atoms with van der Waals surface area (Å²) in [4.78, 5) is 3.86. The molecule has 10 heteroatoms. The number of H-pyrrole nitrogens is 1. The first-order valence-corrected chi connectivity index (χ1v) is 8.23. The molecule has 0 aliphatic rings. The van der Waals surface area contributed by atoms with Gasteiger partial charge in [-0.2, -0.15) is 5.10 Å². The minimum Gasteiger partial charge on any atom is -0.396 e. The van der Waals surface area contributed by atoms with Gasteiger partial charge in [0.25, 0.3) is 0 Å². The second-order valence-corrected chi connectivity index (χ2v) is 6.73. The predicted molar refractivity (Wildman–Crippen MR) is 80.8 cm³/mol. The normalized spacial score (nSPS) is 11.7. The van der Waals surface area contributed by atoms with Crippen LogP contribution in [0.3, 0.4) is 0 Å². The molecular weight excluding hydrogens is 337 g/mol. The molecule has 0 saturated carbocycles. The van der Waals surface area contributed by atoms with Crippen molar-refractivity contribution in [2.24, 2.45) is 0 Å². The molecule has 0 atom stereocenters. The number of rotatable bonds is 6. The highest BCUT2D eigenvalue weighted by molar-refractivity contribution is 7.89. The number of hydrogen-bond donors (Lipinski definition) is 3. The van der Waals surface area contributed by atoms with E-state index in [-0.39, 0.29) is 27.2 Å². The van der Waals surface area contributed by atoms with Crippen molar-refractivity contribution in [1.82, 2.24) is 19.9 Å². The van der Waals surface area contributed by atoms with Gasteiger partial charge < -0.3 is 5.73 Å². The van der Waals surface area contributed by atoms with Crippen LogP contribution < -0.4 is 10.5 Å². The number of sulfonamides is 1. The van der Waals surface area contributed by atoms with Crippen LogP contribution in [0.2, 0.25) is 10.0 Å². The number of benzene rings is 1. The fourth-order valence-corrected chi connectivity index (χ4v) is 3.49. The van der Waals surface area contributed by atoms with E-state index in [4.69, 9.17) is 28.9 Å². The largest absolute Gasteiger partial charge is 0.396 e. The number of nitrogens with two attached hydrogens (primary N) is 1. The van der Waals surface area contributed by atoms with Gasteiger partial charge in [-0.1, -0.05) is 23.2 Å². The molecule has 0 unspecified atom stereocenters. The molecule has 0 aliphatic heterocycles. The van der Waals surface area contributed by atoms with Crippen LogP contribution in [0, 0.1) is 0 Å². The van der Waals surface area contributed by atoms with Crippen LogP contribution in [0.15, 0.2) is 23.4 Å². The summed E-state index contributed by atoms with van der Waals surface area (Å²) in [6.07, 6.45) is 2.55. The number of hydrogen-bond acceptors (Lipinski definition) is 5. The Balaban J connectivity index is 2.00. The average molecular weight is 350 g/mol. The first kappa shape index (κ1) is 16.0. The number of anilines is 1. The Bertz CT molecular complexity index is 718. The molecule has 0 aliphatic carbocycles. The zero-order chi connectivity index (χ0) is 15.5. The molecular formula is C11H13Cl2N5O2S. The summed E-state index contributed by atoms with van der Waals surface area (Å²) >= 11 is 11.7. The maximum Gasteiger partial charge on any atom is 0.242 e. The lowest BCUT2D eigenvalue weighted by Gasteiger charge is -2.10. The SMILES string of the molecule is Nc1c(Cl)ccc(S(=O)(=O)NCCCc2ncn[nH]2)c1Cl. The van der Waals surface area contributed by atoms with Crippen molar-refractivity contribution in [3.63, 3.8) is 0 Å². The van der Waals surface area contributed by atoms with E-state index < -0.39 is 10.0 Å². The van der Waals surface area contributed by atoms with Crippen LogP contribution in [0.25, 0.3) is 0 Å². The van der Waals surface area contributed by atoms with Crippen LogP contribution in [0.4, 0.5) is 5.69 Å². The summed E-state index contributed by atoms with van der Waals surface area (Å²) in [6.45, 7) is 0.238. The lowest BCUT2D eigenvalue weighted by Crippen LogP contribution is -2.25. The Hall–Kier alpha value is -1.35. The summed E-state index contributed by atoms with van der Waals surface area (Å²) in [6, 6.07) is 2.71. The average Bonchev–Trinajstić information content (AvgIpc) is 2.94. The van der Waals surface area contributed by atoms with E-state index in [1.165, 1.54) is 18.5 Å². The van der Waals surface area contributed by atoms with Crippen molar-refractivity contribution in [2.45, 2.75) is 17.7 Å². The van der Waals surface area contributed by atoms with Gasteiger partial charge in [-0.15, -0.1) is 0 Å². The van der Waals surface area contributed by atoms with Gasteiger partial charge in [0.05, 0.1) is 15.7 Å². The summed E-state index contributed by atoms with van der Waals surface area (Å²) in [5.41, 5.74) is 5.67. The Morgan fingerprint density at radius 1 is 1.33 bits per heavy atom. The molecule has 4 N–H and O–H groups in total. The van der Waals surface area contributed by atoms with Crippen LogP contribution in [0.5, 0.6) is 0 Å². The topological polar surface area (TPSA) is 114 Å². The van der Waals surface area contributed by atoms with Gasteiger partial charge in [0, 0.05) is 13.0 Å². The Labute approximate surface area is 131 Å². The Morgan fingerprint density at radius 3 is 2.76 bits per heavy atom. The van der Waals surface area contributed by atoms with Gasteiger partial charge in [-0.05, 0) is 18.6 Å². The molecule has 0 radical (unpaired) electrons. The number of halogens is 2. The lowest BCUT2D eigenvalue weighted by atomic mass is 10.3. The summed E-state index contributed by atoms with van der Waals surface area (Å²) < 4.78 is 26.7. The minimum absolute atomic E-state index is 0.0443. The Kier molecular flexibility index (Phi) is 5.04. The molecule has 0 amide bonds. The molecule has 114 valence electrons. The second kappa shape index (κ2) is 6.61. The van der Waals surface area contributed by atoms with E-state index in [1.807, 2.05) is 0 Å². The second-order valence-electron chi connectivity index (χ2n) is 4.21. The van der Waals surface area contributed by atoms with E-state index in [1.54, 1.807) is 0 Å². The highest BCUT2D eigenvalue weighted by Crippen LogP contribution is 2.32. The molecule has 0 saturated heterocycles. The quantitative estimate of drug-likeness (QED) is 0.541. The number of nitrogens with one attached hydrogen (secondary N) is 2. The van der Waals surface area contributed by atoms with E-state index in [0.29, 0.717) is 18.7 Å². The third-order valence-corrected chi connectivity index (χ3v) is 5.08. The lowest BCUT2D eigenvalue weighted by molar-refractivity contribution is 0.578. The molecule has 0 spiro atoms. The van der Waals surface area contributed by atoms with Gasteiger partial charge in [-0.3, -0.25) is 5.10 Å². The summed E-state index contributed by atoms with van der Waals surface area (Å²) in [5, 5.41) is 6.54. The first-order chi connectivity index (χ1) is 9.92. The molecule has 1 aromatic carbocycles. The molecule has 21 heavy (non-hydrogen) atoms. The van der Waals surface area contributed by atoms with Crippen molar-refractivity contribution in [3.8, 4) is 0 Å². The van der Waals surface area contributed by atoms with Gasteiger partial charge in [0.2, 0.25) is 10.0 Å². The number of nitrogens with zero attached hydrogens (tertiary/aromatic N) is 2. The number of aromatic nitrogens is 3. The smallest absolute Gasteiger partial charge is 0.242 e. The number of aryl methyl sites for hydroxylation is 1. The fraction of sp³-hybridized carbons (Fsp3) is 0.273. The molecule has 0 bridgehead atoms. The van der Waals surface area contributed by atoms with Crippen LogP contribution >= 0.6 is 23.2 Å². The maximum absolute atomic E-state index is 12.1. The third kappa shape index (κ3) is 3.85. The van der Waals surface area contributed by atoms with Crippen LogP contribution in [-0.2, 0) is 16.4 Å². The molecule has 1 aromatic heterocycles. The van der Waals surface area contributed by atoms with Crippen molar-refractivity contribution < 1.29 is 8.42 Å². The van der Waals surface area contributed by atoms with E-state index >= 15 is 0 Å². The van der Waals surface area contributed by atoms with Gasteiger partial charge in [-0.25, -0.2) is 18.1 Å². The number of nitrogen functional groups attached to an aromatic ring is 1. The van der Waals surface area contributed by atoms with Crippen LogP contribution in [0.1, 0.15) is 12.2 Å². The summed E-state index contributed by atoms with van der Waals surface area (Å²) in [7, 11) is -3.74. The van der Waals surface area contributed by atoms with Gasteiger partial charge >= 0.3 is 0 Å². The third-order valence-electron chi connectivity index (χ3n) is 2.73. The number of aromatic amines is 1. The molecule has 2 aromatic rings.